The van der Waals surface area contributed by atoms with Crippen molar-refractivity contribution in [2.24, 2.45) is 0 Å². The summed E-state index contributed by atoms with van der Waals surface area (Å²) in [6.45, 7) is 2.08. The largest absolute Gasteiger partial charge is 1.00 e. The summed E-state index contributed by atoms with van der Waals surface area (Å²) in [6, 6.07) is 11.3. The van der Waals surface area contributed by atoms with Crippen LogP contribution in [0.2, 0.25) is 0 Å². The monoisotopic (exact) mass is 638 g/mol. The molecule has 2 heterocycles. The van der Waals surface area contributed by atoms with E-state index in [0.717, 1.165) is 37.3 Å². The molecule has 4 rings (SSSR count). The van der Waals surface area contributed by atoms with Crippen molar-refractivity contribution in [2.75, 3.05) is 45.6 Å². The number of carboxylic acids is 1. The van der Waals surface area contributed by atoms with Crippen LogP contribution in [0.3, 0.4) is 0 Å². The summed E-state index contributed by atoms with van der Waals surface area (Å²) in [5.74, 6) is -0.0266. The van der Waals surface area contributed by atoms with Gasteiger partial charge in [0.1, 0.15) is 11.5 Å². The molecule has 0 saturated heterocycles. The summed E-state index contributed by atoms with van der Waals surface area (Å²) in [4.78, 5) is 47.2. The first-order valence-electron chi connectivity index (χ1n) is 13.2. The van der Waals surface area contributed by atoms with Crippen LogP contribution in [-0.2, 0) is 14.3 Å². The number of methoxy groups -OCH3 is 2. The number of benzene rings is 2. The summed E-state index contributed by atoms with van der Waals surface area (Å²) in [5, 5.41) is 16.6. The quantitative estimate of drug-likeness (QED) is 0.112. The van der Waals surface area contributed by atoms with Gasteiger partial charge < -0.3 is 35.4 Å². The van der Waals surface area contributed by atoms with Crippen molar-refractivity contribution in [2.45, 2.75) is 32.6 Å². The van der Waals surface area contributed by atoms with Gasteiger partial charge in [-0.1, -0.05) is 0 Å². The van der Waals surface area contributed by atoms with Crippen molar-refractivity contribution >= 4 is 77.7 Å². The maximum atomic E-state index is 12.2. The van der Waals surface area contributed by atoms with E-state index in [9.17, 15) is 19.2 Å². The number of ether oxygens (including phenoxy) is 3. The Bertz CT molecular complexity index is 1520. The van der Waals surface area contributed by atoms with Gasteiger partial charge in [0.25, 0.3) is 0 Å². The molecule has 0 spiro atoms. The number of aliphatic carboxylic acids is 1. The van der Waals surface area contributed by atoms with Crippen LogP contribution in [0.5, 0.6) is 11.5 Å². The first-order valence-corrected chi connectivity index (χ1v) is 14.8. The third kappa shape index (κ3) is 9.97. The number of hydrogen-bond acceptors (Lipinski definition) is 12. The number of fused-ring (bicyclic) bond motifs is 2. The minimum atomic E-state index is -0.960. The summed E-state index contributed by atoms with van der Waals surface area (Å²) in [7, 11) is 6.83. The van der Waals surface area contributed by atoms with E-state index >= 15 is 0 Å². The predicted molar refractivity (Wildman–Crippen MR) is 169 cm³/mol. The number of carbonyl (C=O) groups excluding carboxylic acids is 3. The molecule has 0 unspecified atom stereocenters. The number of hydrogen-bond donors (Lipinski definition) is 3. The number of ketones is 2. The molecule has 4 N–H and O–H groups in total. The van der Waals surface area contributed by atoms with Crippen LogP contribution in [0.15, 0.2) is 36.4 Å². The Morgan fingerprint density at radius 1 is 0.727 bits per heavy atom. The van der Waals surface area contributed by atoms with E-state index in [0.29, 0.717) is 22.1 Å². The van der Waals surface area contributed by atoms with E-state index < -0.39 is 5.97 Å². The normalized spacial score (nSPS) is 10.0. The molecule has 0 aliphatic heterocycles. The van der Waals surface area contributed by atoms with Gasteiger partial charge in [-0.2, -0.15) is 0 Å². The van der Waals surface area contributed by atoms with Crippen molar-refractivity contribution in [1.82, 2.24) is 0 Å². The smallest absolute Gasteiger partial charge is 0.870 e. The van der Waals surface area contributed by atoms with Gasteiger partial charge in [0.05, 0.1) is 54.8 Å². The van der Waals surface area contributed by atoms with Gasteiger partial charge in [-0.25, -0.2) is 0 Å². The number of rotatable bonds is 13. The zero-order valence-electron chi connectivity index (χ0n) is 25.6. The van der Waals surface area contributed by atoms with E-state index in [4.69, 9.17) is 19.3 Å². The average molecular weight is 639 g/mol. The van der Waals surface area contributed by atoms with E-state index in [1.54, 1.807) is 34.3 Å². The van der Waals surface area contributed by atoms with Gasteiger partial charge in [-0.05, 0) is 42.0 Å². The second kappa shape index (κ2) is 18.3. The number of carboxylic acid groups (broad SMARTS) is 1. The molecule has 0 radical (unpaired) electrons. The van der Waals surface area contributed by atoms with Crippen LogP contribution < -0.4 is 39.0 Å². The number of carbonyl (C=O) groups is 4. The van der Waals surface area contributed by atoms with Crippen molar-refractivity contribution < 1.29 is 62.8 Å². The SMILES string of the molecule is CCOC(=O)CCC(=O)c1cc2cc(NC)c(OC)cc2s1.CNc1cc2cc(C(=O)CCC(=O)O)sc2cc1OC.[Li+].[OH-]. The predicted octanol–water partition coefficient (Wildman–Crippen LogP) is 3.30. The molecule has 0 fully saturated rings. The molecule has 44 heavy (non-hydrogen) atoms. The Kier molecular flexibility index (Phi) is 15.9. The van der Waals surface area contributed by atoms with Crippen LogP contribution in [0, 0.1) is 0 Å². The minimum absolute atomic E-state index is 0. The minimum Gasteiger partial charge on any atom is -0.870 e. The van der Waals surface area contributed by atoms with Crippen LogP contribution in [0.25, 0.3) is 20.2 Å². The van der Waals surface area contributed by atoms with E-state index in [1.807, 2.05) is 37.4 Å². The molecule has 2 aromatic carbocycles. The number of nitrogens with one attached hydrogen (secondary N) is 2. The molecule has 232 valence electrons. The van der Waals surface area contributed by atoms with Crippen LogP contribution >= 0.6 is 22.7 Å². The van der Waals surface area contributed by atoms with Gasteiger partial charge in [-0.15, -0.1) is 22.7 Å². The Labute approximate surface area is 275 Å². The molecule has 0 amide bonds. The molecule has 11 nitrogen and oxygen atoms in total. The van der Waals surface area contributed by atoms with Crippen LogP contribution in [0.4, 0.5) is 11.4 Å². The molecule has 14 heteroatoms. The Morgan fingerprint density at radius 2 is 1.16 bits per heavy atom. The van der Waals surface area contributed by atoms with Crippen molar-refractivity contribution in [3.8, 4) is 11.5 Å². The van der Waals surface area contributed by atoms with Crippen molar-refractivity contribution in [3.63, 3.8) is 0 Å². The topological polar surface area (TPSA) is 170 Å². The molecular formula is C30H35LiN2O9S2. The molecule has 2 aromatic heterocycles. The van der Waals surface area contributed by atoms with Gasteiger partial charge >= 0.3 is 30.8 Å². The zero-order valence-corrected chi connectivity index (χ0v) is 27.2. The average Bonchev–Trinajstić information content (AvgIpc) is 3.61. The van der Waals surface area contributed by atoms with Crippen LogP contribution in [-0.4, -0.2) is 69.0 Å². The number of Topliss-reactive ketones (excluding diaryl/α,β-unsaturated/α-hetero) is 2. The summed E-state index contributed by atoms with van der Waals surface area (Å²) >= 11 is 2.77. The maximum Gasteiger partial charge on any atom is 1.00 e. The van der Waals surface area contributed by atoms with E-state index in [1.165, 1.54) is 22.7 Å². The number of esters is 1. The van der Waals surface area contributed by atoms with Gasteiger partial charge in [0, 0.05) is 48.5 Å². The third-order valence-electron chi connectivity index (χ3n) is 6.19. The standard InChI is InChI=1S/C16H19NO4S.C14H15NO4S.Li.H2O/c1-4-21-16(19)6-5-12(18)15-8-10-7-11(17-2)13(20-3)9-14(10)22-15;1-15-9-5-8-6-13(10(16)3-4-14(17)18)20-12(8)7-11(9)19-2;;/h7-9,17H,4-6H2,1-3H3;5-7,15H,3-4H2,1-2H3,(H,17,18);;1H2/q;;+1;/p-1. The van der Waals surface area contributed by atoms with Crippen molar-refractivity contribution in [1.29, 1.82) is 0 Å². The molecular weight excluding hydrogens is 603 g/mol. The van der Waals surface area contributed by atoms with Crippen molar-refractivity contribution in [3.05, 3.63) is 46.2 Å². The Morgan fingerprint density at radius 3 is 1.52 bits per heavy atom. The number of thiophene rings is 2. The second-order valence-corrected chi connectivity index (χ2v) is 11.1. The molecule has 0 aliphatic rings. The molecule has 0 atom stereocenters. The van der Waals surface area contributed by atoms with Crippen LogP contribution in [0.1, 0.15) is 52.0 Å². The summed E-state index contributed by atoms with van der Waals surface area (Å²) in [6.07, 6.45) is 0.171. The maximum absolute atomic E-state index is 12.2. The van der Waals surface area contributed by atoms with Gasteiger partial charge in [-0.3, -0.25) is 19.2 Å². The molecule has 0 bridgehead atoms. The fourth-order valence-electron chi connectivity index (χ4n) is 4.06. The van der Waals surface area contributed by atoms with E-state index in [2.05, 4.69) is 10.6 Å². The number of anilines is 2. The molecule has 4 aromatic rings. The third-order valence-corrected chi connectivity index (χ3v) is 8.47. The van der Waals surface area contributed by atoms with Gasteiger partial charge in [0.15, 0.2) is 11.6 Å². The first-order chi connectivity index (χ1) is 20.1. The summed E-state index contributed by atoms with van der Waals surface area (Å²) in [5.41, 5.74) is 1.72. The summed E-state index contributed by atoms with van der Waals surface area (Å²) < 4.78 is 17.4. The second-order valence-electron chi connectivity index (χ2n) is 8.95. The first kappa shape index (κ1) is 38.4. The van der Waals surface area contributed by atoms with Gasteiger partial charge in [0.2, 0.25) is 0 Å². The Hall–Kier alpha value is -3.60. The fraction of sp³-hybridized carbons (Fsp3) is 0.333. The zero-order chi connectivity index (χ0) is 30.8. The Balaban J connectivity index is 0.000000422. The molecule has 0 aliphatic carbocycles. The van der Waals surface area contributed by atoms with E-state index in [-0.39, 0.29) is 67.6 Å². The fourth-order valence-corrected chi connectivity index (χ4v) is 6.14. The molecule has 0 saturated carbocycles.